The summed E-state index contributed by atoms with van der Waals surface area (Å²) >= 11 is 0. The molecule has 0 spiro atoms. The Labute approximate surface area is 107 Å². The van der Waals surface area contributed by atoms with Crippen LogP contribution in [0.4, 0.5) is 0 Å². The highest BCUT2D eigenvalue weighted by molar-refractivity contribution is 5.70. The number of benzene rings is 1. The minimum atomic E-state index is -0.787. The van der Waals surface area contributed by atoms with Crippen LogP contribution in [0.1, 0.15) is 24.0 Å². The van der Waals surface area contributed by atoms with Crippen LogP contribution in [0.25, 0.3) is 0 Å². The SMILES string of the molecule is NC1CCCN(Cc2ccc(CC(=O)O)cc2)C1. The van der Waals surface area contributed by atoms with E-state index in [1.807, 2.05) is 24.3 Å². The first-order valence-electron chi connectivity index (χ1n) is 6.41. The number of carboxylic acids is 1. The maximum absolute atomic E-state index is 10.6. The number of nitrogens with two attached hydrogens (primary N) is 1. The first kappa shape index (κ1) is 13.1. The summed E-state index contributed by atoms with van der Waals surface area (Å²) in [7, 11) is 0. The second-order valence-corrected chi connectivity index (χ2v) is 5.02. The smallest absolute Gasteiger partial charge is 0.307 e. The molecule has 0 aliphatic carbocycles. The van der Waals surface area contributed by atoms with Crippen LogP contribution in [-0.4, -0.2) is 35.1 Å². The maximum atomic E-state index is 10.6. The van der Waals surface area contributed by atoms with E-state index in [1.165, 1.54) is 5.56 Å². The van der Waals surface area contributed by atoms with Gasteiger partial charge >= 0.3 is 5.97 Å². The third-order valence-electron chi connectivity index (χ3n) is 3.33. The summed E-state index contributed by atoms with van der Waals surface area (Å²) in [4.78, 5) is 12.9. The van der Waals surface area contributed by atoms with E-state index in [4.69, 9.17) is 10.8 Å². The van der Waals surface area contributed by atoms with Crippen molar-refractivity contribution in [3.05, 3.63) is 35.4 Å². The van der Waals surface area contributed by atoms with Gasteiger partial charge in [-0.15, -0.1) is 0 Å². The van der Waals surface area contributed by atoms with Crippen molar-refractivity contribution in [3.63, 3.8) is 0 Å². The Kier molecular flexibility index (Phi) is 4.33. The monoisotopic (exact) mass is 248 g/mol. The molecule has 0 aromatic heterocycles. The lowest BCUT2D eigenvalue weighted by atomic mass is 10.0. The van der Waals surface area contributed by atoms with Crippen molar-refractivity contribution in [1.29, 1.82) is 0 Å². The van der Waals surface area contributed by atoms with E-state index >= 15 is 0 Å². The van der Waals surface area contributed by atoms with E-state index < -0.39 is 5.97 Å². The lowest BCUT2D eigenvalue weighted by molar-refractivity contribution is -0.136. The number of hydrogen-bond donors (Lipinski definition) is 2. The average molecular weight is 248 g/mol. The Hall–Kier alpha value is -1.39. The van der Waals surface area contributed by atoms with Gasteiger partial charge in [-0.3, -0.25) is 9.69 Å². The van der Waals surface area contributed by atoms with E-state index in [0.29, 0.717) is 6.04 Å². The van der Waals surface area contributed by atoms with Crippen LogP contribution in [0.5, 0.6) is 0 Å². The molecule has 1 aliphatic rings. The number of nitrogens with zero attached hydrogens (tertiary/aromatic N) is 1. The fraction of sp³-hybridized carbons (Fsp3) is 0.500. The van der Waals surface area contributed by atoms with E-state index in [-0.39, 0.29) is 6.42 Å². The molecule has 1 saturated heterocycles. The molecule has 1 atom stereocenters. The fourth-order valence-corrected chi connectivity index (χ4v) is 2.43. The van der Waals surface area contributed by atoms with Crippen molar-refractivity contribution in [2.24, 2.45) is 5.73 Å². The molecule has 3 N–H and O–H groups in total. The van der Waals surface area contributed by atoms with Crippen molar-refractivity contribution in [3.8, 4) is 0 Å². The van der Waals surface area contributed by atoms with E-state index in [1.54, 1.807) is 0 Å². The molecule has 1 unspecified atom stereocenters. The minimum Gasteiger partial charge on any atom is -0.481 e. The summed E-state index contributed by atoms with van der Waals surface area (Å²) in [6.45, 7) is 2.96. The quantitative estimate of drug-likeness (QED) is 0.841. The number of piperidine rings is 1. The largest absolute Gasteiger partial charge is 0.481 e. The molecule has 1 aliphatic heterocycles. The van der Waals surface area contributed by atoms with E-state index in [2.05, 4.69) is 4.90 Å². The fourth-order valence-electron chi connectivity index (χ4n) is 2.43. The number of carbonyl (C=O) groups is 1. The topological polar surface area (TPSA) is 66.6 Å². The molecule has 4 nitrogen and oxygen atoms in total. The van der Waals surface area contributed by atoms with Crippen LogP contribution in [-0.2, 0) is 17.8 Å². The molecule has 1 fully saturated rings. The molecule has 18 heavy (non-hydrogen) atoms. The molecule has 98 valence electrons. The summed E-state index contributed by atoms with van der Waals surface area (Å²) in [5.74, 6) is -0.787. The molecular weight excluding hydrogens is 228 g/mol. The van der Waals surface area contributed by atoms with E-state index in [9.17, 15) is 4.79 Å². The Morgan fingerprint density at radius 2 is 2.00 bits per heavy atom. The minimum absolute atomic E-state index is 0.0921. The average Bonchev–Trinajstić information content (AvgIpc) is 2.31. The Morgan fingerprint density at radius 3 is 2.61 bits per heavy atom. The normalized spacial score (nSPS) is 20.8. The number of likely N-dealkylation sites (tertiary alicyclic amines) is 1. The molecule has 0 bridgehead atoms. The predicted molar refractivity (Wildman–Crippen MR) is 70.3 cm³/mol. The Morgan fingerprint density at radius 1 is 1.33 bits per heavy atom. The van der Waals surface area contributed by atoms with Gasteiger partial charge in [0.15, 0.2) is 0 Å². The summed E-state index contributed by atoms with van der Waals surface area (Å²) in [5.41, 5.74) is 8.02. The lowest BCUT2D eigenvalue weighted by Crippen LogP contribution is -2.42. The van der Waals surface area contributed by atoms with Gasteiger partial charge in [-0.2, -0.15) is 0 Å². The van der Waals surface area contributed by atoms with Gasteiger partial charge in [0, 0.05) is 19.1 Å². The van der Waals surface area contributed by atoms with Crippen LogP contribution >= 0.6 is 0 Å². The Bertz CT molecular complexity index is 403. The lowest BCUT2D eigenvalue weighted by Gasteiger charge is -2.30. The van der Waals surface area contributed by atoms with Gasteiger partial charge in [0.05, 0.1) is 6.42 Å². The summed E-state index contributed by atoms with van der Waals surface area (Å²) in [6.07, 6.45) is 2.38. The number of aliphatic carboxylic acids is 1. The van der Waals surface area contributed by atoms with Crippen LogP contribution in [0, 0.1) is 0 Å². The summed E-state index contributed by atoms with van der Waals surface area (Å²) in [6, 6.07) is 8.11. The summed E-state index contributed by atoms with van der Waals surface area (Å²) < 4.78 is 0. The Balaban J connectivity index is 1.91. The van der Waals surface area contributed by atoms with Crippen LogP contribution < -0.4 is 5.73 Å². The predicted octanol–water partition coefficient (Wildman–Crippen LogP) is 1.24. The second-order valence-electron chi connectivity index (χ2n) is 5.02. The van der Waals surface area contributed by atoms with E-state index in [0.717, 1.165) is 38.0 Å². The molecular formula is C14H20N2O2. The summed E-state index contributed by atoms with van der Waals surface area (Å²) in [5, 5.41) is 8.70. The number of hydrogen-bond acceptors (Lipinski definition) is 3. The molecule has 0 amide bonds. The van der Waals surface area contributed by atoms with Gasteiger partial charge in [-0.05, 0) is 30.5 Å². The van der Waals surface area contributed by atoms with Crippen LogP contribution in [0.3, 0.4) is 0 Å². The van der Waals surface area contributed by atoms with Crippen molar-refractivity contribution >= 4 is 5.97 Å². The van der Waals surface area contributed by atoms with Gasteiger partial charge in [0.2, 0.25) is 0 Å². The van der Waals surface area contributed by atoms with Gasteiger partial charge in [0.25, 0.3) is 0 Å². The van der Waals surface area contributed by atoms with Gasteiger partial charge in [0.1, 0.15) is 0 Å². The van der Waals surface area contributed by atoms with Crippen molar-refractivity contribution < 1.29 is 9.90 Å². The first-order valence-corrected chi connectivity index (χ1v) is 6.41. The van der Waals surface area contributed by atoms with Crippen LogP contribution in [0.2, 0.25) is 0 Å². The molecule has 1 aromatic carbocycles. The number of carboxylic acid groups (broad SMARTS) is 1. The molecule has 4 heteroatoms. The zero-order chi connectivity index (χ0) is 13.0. The zero-order valence-corrected chi connectivity index (χ0v) is 10.5. The molecule has 1 heterocycles. The third kappa shape index (κ3) is 3.82. The van der Waals surface area contributed by atoms with Crippen molar-refractivity contribution in [1.82, 2.24) is 4.90 Å². The highest BCUT2D eigenvalue weighted by Gasteiger charge is 2.16. The van der Waals surface area contributed by atoms with Crippen LogP contribution in [0.15, 0.2) is 24.3 Å². The maximum Gasteiger partial charge on any atom is 0.307 e. The standard InChI is InChI=1S/C14H20N2O2/c15-13-2-1-7-16(10-13)9-12-5-3-11(4-6-12)8-14(17)18/h3-6,13H,1-2,7-10,15H2,(H,17,18). The molecule has 0 saturated carbocycles. The molecule has 0 radical (unpaired) electrons. The van der Waals surface area contributed by atoms with Gasteiger partial charge < -0.3 is 10.8 Å². The van der Waals surface area contributed by atoms with Crippen molar-refractivity contribution in [2.75, 3.05) is 13.1 Å². The van der Waals surface area contributed by atoms with Crippen molar-refractivity contribution in [2.45, 2.75) is 31.8 Å². The molecule has 2 rings (SSSR count). The second kappa shape index (κ2) is 5.98. The zero-order valence-electron chi connectivity index (χ0n) is 10.5. The first-order chi connectivity index (χ1) is 8.63. The molecule has 1 aromatic rings. The highest BCUT2D eigenvalue weighted by Crippen LogP contribution is 2.13. The number of rotatable bonds is 4. The van der Waals surface area contributed by atoms with Gasteiger partial charge in [-0.25, -0.2) is 0 Å². The third-order valence-corrected chi connectivity index (χ3v) is 3.33. The highest BCUT2D eigenvalue weighted by atomic mass is 16.4. The van der Waals surface area contributed by atoms with Gasteiger partial charge in [-0.1, -0.05) is 24.3 Å².